The van der Waals surface area contributed by atoms with Crippen molar-refractivity contribution in [1.82, 2.24) is 0 Å². The van der Waals surface area contributed by atoms with Crippen molar-refractivity contribution in [2.45, 2.75) is 20.0 Å². The van der Waals surface area contributed by atoms with Crippen LogP contribution in [0.15, 0.2) is 47.6 Å². The number of methoxy groups -OCH3 is 1. The van der Waals surface area contributed by atoms with Crippen LogP contribution < -0.4 is 10.6 Å². The fourth-order valence-corrected chi connectivity index (χ4v) is 2.35. The molecule has 0 saturated carbocycles. The molecule has 22 heavy (non-hydrogen) atoms. The topological polar surface area (TPSA) is 56.8 Å². The molecule has 5 heteroatoms. The van der Waals surface area contributed by atoms with Gasteiger partial charge < -0.3 is 15.3 Å². The van der Waals surface area contributed by atoms with E-state index in [0.29, 0.717) is 23.3 Å². The number of rotatable bonds is 5. The first kappa shape index (κ1) is 16.2. The molecular weight excluding hydrogens is 300 g/mol. The highest BCUT2D eigenvalue weighted by molar-refractivity contribution is 6.32. The summed E-state index contributed by atoms with van der Waals surface area (Å²) in [6.45, 7) is 2.43. The highest BCUT2D eigenvalue weighted by Gasteiger charge is 2.07. The van der Waals surface area contributed by atoms with Gasteiger partial charge in [-0.25, -0.2) is 0 Å². The average molecular weight is 319 g/mol. The Hall–Kier alpha value is -2.20. The fraction of sp³-hybridized carbons (Fsp3) is 0.235. The number of halogens is 1. The molecule has 0 bridgehead atoms. The Labute approximate surface area is 135 Å². The van der Waals surface area contributed by atoms with Crippen molar-refractivity contribution in [2.24, 2.45) is 10.9 Å². The highest BCUT2D eigenvalue weighted by Crippen LogP contribution is 2.25. The maximum atomic E-state index is 6.10. The second kappa shape index (κ2) is 7.71. The van der Waals surface area contributed by atoms with Gasteiger partial charge in [-0.05, 0) is 41.8 Å². The van der Waals surface area contributed by atoms with Crippen LogP contribution in [0.25, 0.3) is 0 Å². The van der Waals surface area contributed by atoms with Gasteiger partial charge in [-0.3, -0.25) is 0 Å². The number of hydrogen-bond acceptors (Lipinski definition) is 4. The standard InChI is InChI=1S/C17H19ClN2O2/c1-3-12-5-4-6-14(9-12)17(20-19)22-11-13-7-8-16(21-2)15(18)10-13/h4-10H,3,11,19H2,1-2H3/b20-17-. The van der Waals surface area contributed by atoms with Crippen molar-refractivity contribution in [3.8, 4) is 5.75 Å². The first-order valence-corrected chi connectivity index (χ1v) is 7.38. The number of nitrogens with zero attached hydrogens (tertiary/aromatic N) is 1. The van der Waals surface area contributed by atoms with E-state index in [9.17, 15) is 0 Å². The Morgan fingerprint density at radius 1 is 1.18 bits per heavy atom. The van der Waals surface area contributed by atoms with Gasteiger partial charge in [0, 0.05) is 5.56 Å². The average Bonchev–Trinajstić information content (AvgIpc) is 2.56. The van der Waals surface area contributed by atoms with Gasteiger partial charge in [0.2, 0.25) is 5.90 Å². The van der Waals surface area contributed by atoms with E-state index < -0.39 is 0 Å². The lowest BCUT2D eigenvalue weighted by atomic mass is 10.1. The van der Waals surface area contributed by atoms with Gasteiger partial charge in [0.25, 0.3) is 0 Å². The van der Waals surface area contributed by atoms with Crippen molar-refractivity contribution in [3.63, 3.8) is 0 Å². The lowest BCUT2D eigenvalue weighted by Gasteiger charge is -2.11. The Morgan fingerprint density at radius 3 is 2.64 bits per heavy atom. The van der Waals surface area contributed by atoms with E-state index in [4.69, 9.17) is 26.9 Å². The zero-order valence-corrected chi connectivity index (χ0v) is 13.4. The molecule has 0 amide bonds. The predicted octanol–water partition coefficient (Wildman–Crippen LogP) is 3.75. The van der Waals surface area contributed by atoms with Gasteiger partial charge in [0.05, 0.1) is 12.1 Å². The van der Waals surface area contributed by atoms with Crippen molar-refractivity contribution in [2.75, 3.05) is 7.11 Å². The summed E-state index contributed by atoms with van der Waals surface area (Å²) < 4.78 is 10.8. The Balaban J connectivity index is 2.09. The molecule has 0 aliphatic carbocycles. The summed E-state index contributed by atoms with van der Waals surface area (Å²) in [4.78, 5) is 0. The van der Waals surface area contributed by atoms with Gasteiger partial charge in [0.15, 0.2) is 0 Å². The quantitative estimate of drug-likeness (QED) is 0.395. The summed E-state index contributed by atoms with van der Waals surface area (Å²) >= 11 is 6.10. The van der Waals surface area contributed by atoms with Crippen LogP contribution in [0.3, 0.4) is 0 Å². The van der Waals surface area contributed by atoms with Crippen LogP contribution in [-0.4, -0.2) is 13.0 Å². The minimum Gasteiger partial charge on any atom is -0.495 e. The molecule has 0 aliphatic rings. The van der Waals surface area contributed by atoms with Crippen LogP contribution >= 0.6 is 11.6 Å². The molecule has 0 heterocycles. The third-order valence-electron chi connectivity index (χ3n) is 3.29. The molecule has 4 nitrogen and oxygen atoms in total. The molecule has 2 aromatic rings. The minimum atomic E-state index is 0.329. The molecule has 0 aromatic heterocycles. The third-order valence-corrected chi connectivity index (χ3v) is 3.59. The molecule has 0 saturated heterocycles. The summed E-state index contributed by atoms with van der Waals surface area (Å²) in [5.41, 5.74) is 2.98. The van der Waals surface area contributed by atoms with Crippen molar-refractivity contribution >= 4 is 17.5 Å². The first-order chi connectivity index (χ1) is 10.7. The Morgan fingerprint density at radius 2 is 2.00 bits per heavy atom. The van der Waals surface area contributed by atoms with E-state index in [2.05, 4.69) is 18.1 Å². The zero-order valence-electron chi connectivity index (χ0n) is 12.7. The van der Waals surface area contributed by atoms with Crippen LogP contribution in [0, 0.1) is 0 Å². The number of benzene rings is 2. The molecule has 0 radical (unpaired) electrons. The largest absolute Gasteiger partial charge is 0.495 e. The zero-order chi connectivity index (χ0) is 15.9. The number of nitrogens with two attached hydrogens (primary N) is 1. The second-order valence-corrected chi connectivity index (χ2v) is 5.15. The molecule has 2 N–H and O–H groups in total. The number of hydrogen-bond donors (Lipinski definition) is 1. The number of ether oxygens (including phenoxy) is 2. The summed E-state index contributed by atoms with van der Waals surface area (Å²) in [6, 6.07) is 13.5. The molecule has 0 unspecified atom stereocenters. The molecule has 0 atom stereocenters. The smallest absolute Gasteiger partial charge is 0.238 e. The summed E-state index contributed by atoms with van der Waals surface area (Å²) in [6.07, 6.45) is 0.944. The summed E-state index contributed by atoms with van der Waals surface area (Å²) in [7, 11) is 1.58. The van der Waals surface area contributed by atoms with Gasteiger partial charge >= 0.3 is 0 Å². The van der Waals surface area contributed by atoms with Crippen LogP contribution in [0.2, 0.25) is 5.02 Å². The number of hydrazone groups is 1. The van der Waals surface area contributed by atoms with E-state index in [1.54, 1.807) is 19.2 Å². The molecule has 2 rings (SSSR count). The van der Waals surface area contributed by atoms with E-state index in [0.717, 1.165) is 17.5 Å². The third kappa shape index (κ3) is 3.92. The van der Waals surface area contributed by atoms with Crippen molar-refractivity contribution in [3.05, 3.63) is 64.2 Å². The van der Waals surface area contributed by atoms with Crippen molar-refractivity contribution < 1.29 is 9.47 Å². The molecular formula is C17H19ClN2O2. The predicted molar refractivity (Wildman–Crippen MR) is 89.3 cm³/mol. The van der Waals surface area contributed by atoms with E-state index in [1.807, 2.05) is 24.3 Å². The molecule has 2 aromatic carbocycles. The molecule has 116 valence electrons. The van der Waals surface area contributed by atoms with E-state index in [-0.39, 0.29) is 0 Å². The Bertz CT molecular complexity index is 671. The first-order valence-electron chi connectivity index (χ1n) is 7.00. The molecule has 0 fully saturated rings. The van der Waals surface area contributed by atoms with Crippen LogP contribution in [0.4, 0.5) is 0 Å². The van der Waals surface area contributed by atoms with Crippen LogP contribution in [0.1, 0.15) is 23.6 Å². The lowest BCUT2D eigenvalue weighted by molar-refractivity contribution is 0.292. The van der Waals surface area contributed by atoms with E-state index >= 15 is 0 Å². The van der Waals surface area contributed by atoms with Gasteiger partial charge in [-0.15, -0.1) is 5.10 Å². The lowest BCUT2D eigenvalue weighted by Crippen LogP contribution is -2.10. The van der Waals surface area contributed by atoms with Crippen LogP contribution in [-0.2, 0) is 17.8 Å². The van der Waals surface area contributed by atoms with Gasteiger partial charge in [0.1, 0.15) is 12.4 Å². The Kier molecular flexibility index (Phi) is 5.67. The highest BCUT2D eigenvalue weighted by atomic mass is 35.5. The van der Waals surface area contributed by atoms with Gasteiger partial charge in [-0.1, -0.05) is 36.7 Å². The minimum absolute atomic E-state index is 0.329. The van der Waals surface area contributed by atoms with E-state index in [1.165, 1.54) is 5.56 Å². The summed E-state index contributed by atoms with van der Waals surface area (Å²) in [5.74, 6) is 6.49. The fourth-order valence-electron chi connectivity index (χ4n) is 2.07. The van der Waals surface area contributed by atoms with Crippen molar-refractivity contribution in [1.29, 1.82) is 0 Å². The van der Waals surface area contributed by atoms with Crippen LogP contribution in [0.5, 0.6) is 5.75 Å². The number of aryl methyl sites for hydroxylation is 1. The molecule has 0 aliphatic heterocycles. The SMILES string of the molecule is CCc1cccc(/C(=N/N)OCc2ccc(OC)c(Cl)c2)c1. The van der Waals surface area contributed by atoms with Gasteiger partial charge in [-0.2, -0.15) is 0 Å². The normalized spacial score (nSPS) is 11.3. The monoisotopic (exact) mass is 318 g/mol. The maximum absolute atomic E-state index is 6.10. The second-order valence-electron chi connectivity index (χ2n) is 4.75. The summed E-state index contributed by atoms with van der Waals surface area (Å²) in [5, 5.41) is 4.29. The molecule has 0 spiro atoms. The maximum Gasteiger partial charge on any atom is 0.238 e.